The van der Waals surface area contributed by atoms with Gasteiger partial charge in [-0.1, -0.05) is 70.5 Å². The summed E-state index contributed by atoms with van der Waals surface area (Å²) in [7, 11) is 1.83. The van der Waals surface area contributed by atoms with Crippen molar-refractivity contribution in [3.63, 3.8) is 0 Å². The quantitative estimate of drug-likeness (QED) is 0.111. The number of nitrogens with two attached hydrogens (primary N) is 1. The van der Waals surface area contributed by atoms with Gasteiger partial charge in [0.2, 0.25) is 0 Å². The molecular weight excluding hydrogens is 700 g/mol. The van der Waals surface area contributed by atoms with Crippen LogP contribution in [0.15, 0.2) is 69.0 Å². The molecule has 6 aromatic rings. The van der Waals surface area contributed by atoms with E-state index < -0.39 is 5.97 Å². The van der Waals surface area contributed by atoms with E-state index in [4.69, 9.17) is 10.5 Å². The molecule has 1 aliphatic carbocycles. The van der Waals surface area contributed by atoms with Crippen LogP contribution in [0.4, 0.5) is 5.82 Å². The average Bonchev–Trinajstić information content (AvgIpc) is 3.63. The molecule has 0 atom stereocenters. The number of ether oxygens (including phenoxy) is 1. The highest BCUT2D eigenvalue weighted by molar-refractivity contribution is 9.10. The first-order valence-corrected chi connectivity index (χ1v) is 17.8. The fourth-order valence-electron chi connectivity index (χ4n) is 5.98. The Morgan fingerprint density at radius 1 is 1.04 bits per heavy atom. The lowest BCUT2D eigenvalue weighted by atomic mass is 10.1. The summed E-state index contributed by atoms with van der Waals surface area (Å²) in [6.45, 7) is 1.77. The van der Waals surface area contributed by atoms with Gasteiger partial charge in [-0.05, 0) is 56.4 Å². The van der Waals surface area contributed by atoms with Crippen LogP contribution in [0.25, 0.3) is 33.0 Å². The molecule has 7 rings (SSSR count). The van der Waals surface area contributed by atoms with Gasteiger partial charge in [-0.15, -0.1) is 21.5 Å². The van der Waals surface area contributed by atoms with Crippen molar-refractivity contribution in [3.05, 3.63) is 91.4 Å². The van der Waals surface area contributed by atoms with Crippen LogP contribution in [0, 0.1) is 6.92 Å². The summed E-state index contributed by atoms with van der Waals surface area (Å²) in [6, 6.07) is 17.0. The second-order valence-corrected chi connectivity index (χ2v) is 14.1. The summed E-state index contributed by atoms with van der Waals surface area (Å²) in [4.78, 5) is 38.4. The molecule has 4 aromatic heterocycles. The number of carbonyl (C=O) groups excluding carboxylic acids is 1. The van der Waals surface area contributed by atoms with Gasteiger partial charge in [0, 0.05) is 22.0 Å². The molecule has 0 bridgehead atoms. The van der Waals surface area contributed by atoms with E-state index in [0.29, 0.717) is 34.0 Å². The lowest BCUT2D eigenvalue weighted by Gasteiger charge is -2.10. The van der Waals surface area contributed by atoms with Crippen molar-refractivity contribution < 1.29 is 9.53 Å². The maximum Gasteiger partial charge on any atom is 0.316 e. The summed E-state index contributed by atoms with van der Waals surface area (Å²) in [5.74, 6) is 0.707. The van der Waals surface area contributed by atoms with Crippen LogP contribution in [0.5, 0.6) is 0 Å². The van der Waals surface area contributed by atoms with Crippen LogP contribution in [0.2, 0.25) is 0 Å². The summed E-state index contributed by atoms with van der Waals surface area (Å²) < 4.78 is 11.5. The van der Waals surface area contributed by atoms with Crippen molar-refractivity contribution >= 4 is 61.0 Å². The van der Waals surface area contributed by atoms with E-state index >= 15 is 0 Å². The van der Waals surface area contributed by atoms with Crippen molar-refractivity contribution in [1.82, 2.24) is 34.1 Å². The SMILES string of the molecule is Cc1c(-n2c(SCC(=O)OCc3nc(N)c4c5c(sc4n3)CCCCC5)nnc2-c2ccccc2Br)c(=O)n(-c2ccccc2)n1C. The summed E-state index contributed by atoms with van der Waals surface area (Å²) >= 11 is 6.42. The molecule has 47 heavy (non-hydrogen) atoms. The van der Waals surface area contributed by atoms with E-state index in [-0.39, 0.29) is 17.9 Å². The van der Waals surface area contributed by atoms with Gasteiger partial charge in [0.25, 0.3) is 5.56 Å². The molecule has 0 radical (unpaired) electrons. The number of halogens is 1. The topological polar surface area (TPSA) is 136 Å². The van der Waals surface area contributed by atoms with Crippen molar-refractivity contribution in [2.75, 3.05) is 11.5 Å². The van der Waals surface area contributed by atoms with Crippen molar-refractivity contribution in [2.45, 2.75) is 50.8 Å². The van der Waals surface area contributed by atoms with Gasteiger partial charge in [0.15, 0.2) is 23.4 Å². The zero-order valence-electron chi connectivity index (χ0n) is 25.8. The molecule has 1 aliphatic rings. The number of rotatable bonds is 8. The fraction of sp³-hybridized carbons (Fsp3) is 0.273. The van der Waals surface area contributed by atoms with Crippen molar-refractivity contribution in [2.24, 2.45) is 7.05 Å². The third-order valence-corrected chi connectivity index (χ3v) is 11.1. The Bertz CT molecular complexity index is 2190. The minimum absolute atomic E-state index is 0.0716. The van der Waals surface area contributed by atoms with Crippen LogP contribution < -0.4 is 11.3 Å². The highest BCUT2D eigenvalue weighted by Gasteiger charge is 2.26. The lowest BCUT2D eigenvalue weighted by molar-refractivity contribution is -0.141. The predicted octanol–water partition coefficient (Wildman–Crippen LogP) is 6.19. The van der Waals surface area contributed by atoms with E-state index in [1.807, 2.05) is 68.6 Å². The van der Waals surface area contributed by atoms with Crippen LogP contribution in [0.1, 0.15) is 41.2 Å². The number of esters is 1. The Labute approximate surface area is 286 Å². The molecule has 0 fully saturated rings. The Morgan fingerprint density at radius 3 is 2.62 bits per heavy atom. The number of fused-ring (bicyclic) bond motifs is 3. The maximum atomic E-state index is 14.1. The molecule has 0 saturated heterocycles. The Balaban J connectivity index is 1.16. The lowest BCUT2D eigenvalue weighted by Crippen LogP contribution is -2.22. The smallest absolute Gasteiger partial charge is 0.316 e. The standard InChI is InChI=1S/C33H31BrN8O3S2/c1-19-28(32(44)42(40(19)2)20-11-5-3-6-12-20)41-30(21-13-9-10-15-23(21)34)38-39-33(41)46-18-26(43)45-17-25-36-29(35)27-22-14-7-4-8-16-24(22)47-31(27)37-25/h3,5-6,9-13,15H,4,7-8,14,16-18H2,1-2H3,(H2,35,36,37). The third-order valence-electron chi connectivity index (χ3n) is 8.32. The number of carbonyl (C=O) groups is 1. The van der Waals surface area contributed by atoms with Gasteiger partial charge in [-0.25, -0.2) is 14.6 Å². The second kappa shape index (κ2) is 13.1. The van der Waals surface area contributed by atoms with E-state index in [1.54, 1.807) is 25.3 Å². The van der Waals surface area contributed by atoms with E-state index in [0.717, 1.165) is 57.0 Å². The van der Waals surface area contributed by atoms with Crippen LogP contribution in [-0.2, 0) is 36.0 Å². The third kappa shape index (κ3) is 5.89. The molecule has 0 amide bonds. The minimum atomic E-state index is -0.484. The van der Waals surface area contributed by atoms with Gasteiger partial charge in [-0.2, -0.15) is 0 Å². The Kier molecular flexibility index (Phi) is 8.73. The number of thiophene rings is 1. The molecule has 240 valence electrons. The summed E-state index contributed by atoms with van der Waals surface area (Å²) in [6.07, 6.45) is 5.55. The van der Waals surface area contributed by atoms with E-state index in [9.17, 15) is 9.59 Å². The van der Waals surface area contributed by atoms with Gasteiger partial charge in [0.1, 0.15) is 16.3 Å². The highest BCUT2D eigenvalue weighted by atomic mass is 79.9. The number of para-hydroxylation sites is 1. The van der Waals surface area contributed by atoms with Gasteiger partial charge >= 0.3 is 5.97 Å². The maximum absolute atomic E-state index is 14.1. The number of anilines is 1. The monoisotopic (exact) mass is 730 g/mol. The molecule has 14 heteroatoms. The number of hydrogen-bond donors (Lipinski definition) is 1. The molecule has 0 saturated carbocycles. The van der Waals surface area contributed by atoms with Crippen molar-refractivity contribution in [1.29, 1.82) is 0 Å². The first kappa shape index (κ1) is 31.3. The molecule has 0 spiro atoms. The molecule has 0 unspecified atom stereocenters. The van der Waals surface area contributed by atoms with Crippen LogP contribution >= 0.6 is 39.0 Å². The van der Waals surface area contributed by atoms with Crippen molar-refractivity contribution in [3.8, 4) is 22.8 Å². The number of benzene rings is 2. The zero-order valence-corrected chi connectivity index (χ0v) is 29.0. The first-order chi connectivity index (χ1) is 22.8. The normalized spacial score (nSPS) is 13.1. The zero-order chi connectivity index (χ0) is 32.7. The minimum Gasteiger partial charge on any atom is -0.457 e. The number of aryl methyl sites for hydroxylation is 2. The number of nitrogen functional groups attached to an aromatic ring is 1. The molecule has 0 aliphatic heterocycles. The van der Waals surface area contributed by atoms with Crippen LogP contribution in [0.3, 0.4) is 0 Å². The predicted molar refractivity (Wildman–Crippen MR) is 187 cm³/mol. The molecule has 2 N–H and O–H groups in total. The van der Waals surface area contributed by atoms with E-state index in [2.05, 4.69) is 36.1 Å². The molecule has 4 heterocycles. The van der Waals surface area contributed by atoms with Gasteiger partial charge in [0.05, 0.1) is 22.5 Å². The number of thioether (sulfide) groups is 1. The average molecular weight is 732 g/mol. The van der Waals surface area contributed by atoms with Gasteiger partial charge in [-0.3, -0.25) is 18.8 Å². The second-order valence-electron chi connectivity index (χ2n) is 11.3. The first-order valence-electron chi connectivity index (χ1n) is 15.2. The Morgan fingerprint density at radius 2 is 1.81 bits per heavy atom. The number of hydrogen-bond acceptors (Lipinski definition) is 10. The Hall–Kier alpha value is -4.27. The molecular formula is C33H31BrN8O3S2. The summed E-state index contributed by atoms with van der Waals surface area (Å²) in [5, 5.41) is 10.2. The van der Waals surface area contributed by atoms with Gasteiger partial charge < -0.3 is 10.5 Å². The number of aromatic nitrogens is 7. The van der Waals surface area contributed by atoms with Crippen LogP contribution in [-0.4, -0.2) is 45.8 Å². The fourth-order valence-corrected chi connectivity index (χ4v) is 8.46. The molecule has 11 nitrogen and oxygen atoms in total. The number of nitrogens with zero attached hydrogens (tertiary/aromatic N) is 7. The van der Waals surface area contributed by atoms with E-state index in [1.165, 1.54) is 23.3 Å². The molecule has 2 aromatic carbocycles. The summed E-state index contributed by atoms with van der Waals surface area (Å²) in [5.41, 5.74) is 9.97. The highest BCUT2D eigenvalue weighted by Crippen LogP contribution is 2.37. The largest absolute Gasteiger partial charge is 0.457 e.